The first-order chi connectivity index (χ1) is 12.1. The summed E-state index contributed by atoms with van der Waals surface area (Å²) in [4.78, 5) is 13.6. The third kappa shape index (κ3) is 4.46. The van der Waals surface area contributed by atoms with Gasteiger partial charge < -0.3 is 5.32 Å². The molecule has 0 fully saturated rings. The van der Waals surface area contributed by atoms with Crippen molar-refractivity contribution in [3.63, 3.8) is 0 Å². The number of hydrogen-bond acceptors (Lipinski definition) is 6. The highest BCUT2D eigenvalue weighted by atomic mass is 32.2. The second-order valence-electron chi connectivity index (χ2n) is 5.80. The summed E-state index contributed by atoms with van der Waals surface area (Å²) in [5.74, 6) is 0.559. The van der Waals surface area contributed by atoms with Gasteiger partial charge in [-0.15, -0.1) is 16.4 Å². The Labute approximate surface area is 154 Å². The molecule has 3 rings (SSSR count). The second kappa shape index (κ2) is 8.26. The average Bonchev–Trinajstić information content (AvgIpc) is 3.30. The molecular formula is C17H19N5OS2. The van der Waals surface area contributed by atoms with Crippen molar-refractivity contribution >= 4 is 29.0 Å². The Hall–Kier alpha value is -2.19. The minimum Gasteiger partial charge on any atom is -0.347 e. The summed E-state index contributed by atoms with van der Waals surface area (Å²) in [7, 11) is 0. The predicted octanol–water partition coefficient (Wildman–Crippen LogP) is 3.33. The number of aromatic nitrogens is 4. The van der Waals surface area contributed by atoms with Crippen LogP contribution in [0.2, 0.25) is 0 Å². The molecule has 2 heterocycles. The Morgan fingerprint density at radius 1 is 1.24 bits per heavy atom. The van der Waals surface area contributed by atoms with E-state index in [1.807, 2.05) is 41.8 Å². The van der Waals surface area contributed by atoms with Gasteiger partial charge in [0.15, 0.2) is 0 Å². The molecular weight excluding hydrogens is 354 g/mol. The SMILES string of the molecule is CC(C)[C@H](NC(=O)CSc1nnnn1-c1ccccc1)c1cccs1. The molecule has 1 atom stereocenters. The lowest BCUT2D eigenvalue weighted by Gasteiger charge is -2.21. The molecule has 0 aliphatic carbocycles. The number of carbonyl (C=O) groups excluding carboxylic acids is 1. The number of thiophene rings is 1. The molecule has 130 valence electrons. The summed E-state index contributed by atoms with van der Waals surface area (Å²) in [6, 6.07) is 13.7. The van der Waals surface area contributed by atoms with Crippen molar-refractivity contribution in [2.45, 2.75) is 25.0 Å². The summed E-state index contributed by atoms with van der Waals surface area (Å²) in [5.41, 5.74) is 0.869. The number of para-hydroxylation sites is 1. The zero-order valence-electron chi connectivity index (χ0n) is 14.0. The van der Waals surface area contributed by atoms with Gasteiger partial charge in [-0.3, -0.25) is 4.79 Å². The van der Waals surface area contributed by atoms with E-state index in [-0.39, 0.29) is 17.7 Å². The van der Waals surface area contributed by atoms with Gasteiger partial charge in [-0.2, -0.15) is 4.68 Å². The standard InChI is InChI=1S/C17H19N5OS2/c1-12(2)16(14-9-6-10-24-14)18-15(23)11-25-17-19-20-21-22(17)13-7-4-3-5-8-13/h3-10,12,16H,11H2,1-2H3,(H,18,23)/t16-/m0/s1. The highest BCUT2D eigenvalue weighted by molar-refractivity contribution is 7.99. The monoisotopic (exact) mass is 373 g/mol. The van der Waals surface area contributed by atoms with Crippen LogP contribution < -0.4 is 5.32 Å². The van der Waals surface area contributed by atoms with Crippen LogP contribution in [0.1, 0.15) is 24.8 Å². The lowest BCUT2D eigenvalue weighted by Crippen LogP contribution is -2.32. The number of amides is 1. The zero-order chi connectivity index (χ0) is 17.6. The number of nitrogens with zero attached hydrogens (tertiary/aromatic N) is 4. The van der Waals surface area contributed by atoms with Gasteiger partial charge in [-0.25, -0.2) is 0 Å². The molecule has 0 saturated heterocycles. The molecule has 1 aromatic carbocycles. The Morgan fingerprint density at radius 3 is 2.72 bits per heavy atom. The van der Waals surface area contributed by atoms with E-state index in [2.05, 4.69) is 40.8 Å². The van der Waals surface area contributed by atoms with Crippen LogP contribution in [-0.4, -0.2) is 31.9 Å². The minimum atomic E-state index is -0.0280. The van der Waals surface area contributed by atoms with E-state index >= 15 is 0 Å². The molecule has 8 heteroatoms. The molecule has 0 spiro atoms. The molecule has 0 bridgehead atoms. The Balaban J connectivity index is 1.62. The van der Waals surface area contributed by atoms with E-state index in [1.54, 1.807) is 16.0 Å². The summed E-state index contributed by atoms with van der Waals surface area (Å²) in [6.45, 7) is 4.21. The maximum Gasteiger partial charge on any atom is 0.230 e. The van der Waals surface area contributed by atoms with Crippen LogP contribution in [0, 0.1) is 5.92 Å². The van der Waals surface area contributed by atoms with Crippen LogP contribution >= 0.6 is 23.1 Å². The Kier molecular flexibility index (Phi) is 5.83. The molecule has 3 aromatic rings. The first-order valence-corrected chi connectivity index (χ1v) is 9.81. The van der Waals surface area contributed by atoms with Crippen molar-refractivity contribution in [3.8, 4) is 5.69 Å². The number of rotatable bonds is 7. The fraction of sp³-hybridized carbons (Fsp3) is 0.294. The lowest BCUT2D eigenvalue weighted by molar-refractivity contribution is -0.119. The van der Waals surface area contributed by atoms with Gasteiger partial charge in [-0.05, 0) is 39.9 Å². The topological polar surface area (TPSA) is 72.7 Å². The van der Waals surface area contributed by atoms with E-state index in [4.69, 9.17) is 0 Å². The van der Waals surface area contributed by atoms with Crippen LogP contribution in [0.15, 0.2) is 53.0 Å². The van der Waals surface area contributed by atoms with Crippen molar-refractivity contribution < 1.29 is 4.79 Å². The van der Waals surface area contributed by atoms with Crippen LogP contribution in [-0.2, 0) is 4.79 Å². The molecule has 0 aliphatic heterocycles. The molecule has 2 aromatic heterocycles. The quantitative estimate of drug-likeness (QED) is 0.643. The number of nitrogens with one attached hydrogen (secondary N) is 1. The Morgan fingerprint density at radius 2 is 2.04 bits per heavy atom. The number of carbonyl (C=O) groups is 1. The van der Waals surface area contributed by atoms with Gasteiger partial charge in [0.2, 0.25) is 11.1 Å². The third-order valence-corrected chi connectivity index (χ3v) is 5.48. The van der Waals surface area contributed by atoms with E-state index in [1.165, 1.54) is 16.6 Å². The molecule has 1 N–H and O–H groups in total. The first-order valence-electron chi connectivity index (χ1n) is 7.94. The number of benzene rings is 1. The first kappa shape index (κ1) is 17.6. The van der Waals surface area contributed by atoms with Gasteiger partial charge in [-0.1, -0.05) is 49.9 Å². The van der Waals surface area contributed by atoms with E-state index < -0.39 is 0 Å². The minimum absolute atomic E-state index is 0.0261. The van der Waals surface area contributed by atoms with E-state index in [0.29, 0.717) is 11.1 Å². The largest absolute Gasteiger partial charge is 0.347 e. The van der Waals surface area contributed by atoms with Crippen LogP contribution in [0.4, 0.5) is 0 Å². The summed E-state index contributed by atoms with van der Waals surface area (Å²) in [6.07, 6.45) is 0. The van der Waals surface area contributed by atoms with Crippen molar-refractivity contribution in [2.24, 2.45) is 5.92 Å². The van der Waals surface area contributed by atoms with Crippen molar-refractivity contribution in [1.82, 2.24) is 25.5 Å². The maximum absolute atomic E-state index is 12.4. The van der Waals surface area contributed by atoms with Crippen LogP contribution in [0.3, 0.4) is 0 Å². The predicted molar refractivity (Wildman–Crippen MR) is 99.9 cm³/mol. The third-order valence-electron chi connectivity index (χ3n) is 3.61. The highest BCUT2D eigenvalue weighted by Crippen LogP contribution is 2.26. The summed E-state index contributed by atoms with van der Waals surface area (Å²) in [5, 5.41) is 17.5. The fourth-order valence-electron chi connectivity index (χ4n) is 2.38. The van der Waals surface area contributed by atoms with Crippen LogP contribution in [0.5, 0.6) is 0 Å². The van der Waals surface area contributed by atoms with Gasteiger partial charge in [0.05, 0.1) is 17.5 Å². The maximum atomic E-state index is 12.4. The van der Waals surface area contributed by atoms with Crippen LogP contribution in [0.25, 0.3) is 5.69 Å². The number of hydrogen-bond donors (Lipinski definition) is 1. The van der Waals surface area contributed by atoms with Crippen molar-refractivity contribution in [2.75, 3.05) is 5.75 Å². The summed E-state index contributed by atoms with van der Waals surface area (Å²) < 4.78 is 1.64. The molecule has 0 radical (unpaired) electrons. The smallest absolute Gasteiger partial charge is 0.230 e. The Bertz CT molecular complexity index is 802. The zero-order valence-corrected chi connectivity index (χ0v) is 15.6. The molecule has 6 nitrogen and oxygen atoms in total. The van der Waals surface area contributed by atoms with E-state index in [0.717, 1.165) is 5.69 Å². The molecule has 0 unspecified atom stereocenters. The fourth-order valence-corrected chi connectivity index (χ4v) is 4.03. The van der Waals surface area contributed by atoms with Gasteiger partial charge in [0, 0.05) is 4.88 Å². The van der Waals surface area contributed by atoms with E-state index in [9.17, 15) is 4.79 Å². The molecule has 25 heavy (non-hydrogen) atoms. The summed E-state index contributed by atoms with van der Waals surface area (Å²) >= 11 is 2.98. The average molecular weight is 374 g/mol. The highest BCUT2D eigenvalue weighted by Gasteiger charge is 2.20. The molecule has 1 amide bonds. The molecule has 0 saturated carbocycles. The van der Waals surface area contributed by atoms with Gasteiger partial charge in [0.25, 0.3) is 0 Å². The van der Waals surface area contributed by atoms with Crippen molar-refractivity contribution in [1.29, 1.82) is 0 Å². The van der Waals surface area contributed by atoms with Gasteiger partial charge in [0.1, 0.15) is 0 Å². The number of thioether (sulfide) groups is 1. The van der Waals surface area contributed by atoms with Gasteiger partial charge >= 0.3 is 0 Å². The van der Waals surface area contributed by atoms with Crippen molar-refractivity contribution in [3.05, 3.63) is 52.7 Å². The number of tetrazole rings is 1. The molecule has 0 aliphatic rings. The normalized spacial score (nSPS) is 12.3. The second-order valence-corrected chi connectivity index (χ2v) is 7.72. The lowest BCUT2D eigenvalue weighted by atomic mass is 10.0.